The van der Waals surface area contributed by atoms with Crippen LogP contribution < -0.4 is 22.5 Å². The Morgan fingerprint density at radius 1 is 0.766 bits per heavy atom. The van der Waals surface area contributed by atoms with Crippen molar-refractivity contribution in [3.8, 4) is 0 Å². The van der Waals surface area contributed by atoms with Crippen LogP contribution in [0.5, 0.6) is 0 Å². The summed E-state index contributed by atoms with van der Waals surface area (Å²) in [7, 11) is 9.29. The zero-order valence-corrected chi connectivity index (χ0v) is 27.8. The molecule has 0 saturated carbocycles. The van der Waals surface area contributed by atoms with Gasteiger partial charge >= 0.3 is 11.4 Å². The summed E-state index contributed by atoms with van der Waals surface area (Å²) in [5.74, 6) is -0.424. The number of unbranched alkanes of at least 4 members (excludes halogenated alkanes) is 1. The van der Waals surface area contributed by atoms with E-state index >= 15 is 0 Å². The monoisotopic (exact) mass is 662 g/mol. The minimum absolute atomic E-state index is 0.0265. The predicted molar refractivity (Wildman–Crippen MR) is 173 cm³/mol. The average molecular weight is 663 g/mol. The summed E-state index contributed by atoms with van der Waals surface area (Å²) in [5, 5.41) is 17.8. The van der Waals surface area contributed by atoms with Gasteiger partial charge in [-0.1, -0.05) is 0 Å². The second-order valence-electron chi connectivity index (χ2n) is 11.1. The minimum atomic E-state index is -2.19. The number of nitrogens with zero attached hydrogens (tertiary/aromatic N) is 10. The molecule has 0 aromatic carbocycles. The van der Waals surface area contributed by atoms with E-state index in [4.69, 9.17) is 13.0 Å². The fourth-order valence-corrected chi connectivity index (χ4v) is 4.79. The number of amides is 2. The first-order valence-electron chi connectivity index (χ1n) is 15.9. The van der Waals surface area contributed by atoms with Crippen LogP contribution in [0.15, 0.2) is 25.5 Å². The molecule has 0 saturated heterocycles. The van der Waals surface area contributed by atoms with Crippen molar-refractivity contribution in [1.29, 1.82) is 0 Å². The number of hydrogen-bond acceptors (Lipinski definition) is 10. The second-order valence-corrected chi connectivity index (χ2v) is 11.1. The van der Waals surface area contributed by atoms with Crippen molar-refractivity contribution < 1.29 is 22.5 Å². The Morgan fingerprint density at radius 2 is 1.28 bits per heavy atom. The Kier molecular flexibility index (Phi) is 11.2. The van der Waals surface area contributed by atoms with E-state index in [1.54, 1.807) is 37.2 Å². The number of aromatic nitrogens is 8. The molecule has 0 fully saturated rings. The lowest BCUT2D eigenvalue weighted by Gasteiger charge is -2.13. The van der Waals surface area contributed by atoms with E-state index in [1.807, 2.05) is 0 Å². The molecule has 47 heavy (non-hydrogen) atoms. The van der Waals surface area contributed by atoms with Gasteiger partial charge in [-0.2, -0.15) is 0 Å². The fraction of sp³-hybridized carbons (Fsp3) is 0.586. The van der Waals surface area contributed by atoms with Gasteiger partial charge in [-0.05, 0) is 32.6 Å². The number of carbonyl (C=O) groups excluding carboxylic acids is 2. The van der Waals surface area contributed by atoms with Crippen LogP contribution in [0, 0.1) is 6.92 Å². The molecule has 0 spiro atoms. The molecule has 18 nitrogen and oxygen atoms in total. The number of carbonyl (C=O) groups is 2. The van der Waals surface area contributed by atoms with E-state index in [9.17, 15) is 28.8 Å². The van der Waals surface area contributed by atoms with Crippen molar-refractivity contribution in [2.75, 3.05) is 27.6 Å². The van der Waals surface area contributed by atoms with Crippen LogP contribution in [-0.4, -0.2) is 96.8 Å². The summed E-state index contributed by atoms with van der Waals surface area (Å²) in [6.45, 7) is 1.03. The number of rotatable bonds is 12. The van der Waals surface area contributed by atoms with Gasteiger partial charge in [-0.15, -0.1) is 0 Å². The summed E-state index contributed by atoms with van der Waals surface area (Å²) in [4.78, 5) is 83.7. The number of fused-ring (bicyclic) bond motifs is 2. The van der Waals surface area contributed by atoms with Crippen LogP contribution in [0.2, 0.25) is 0 Å². The SMILES string of the molecule is CN(CO)C(=O)CCCCn1c(=O)c2c(ncn2C)n(C)c1=O.[2H]C([2H])(CCCn1c(=O)c2c(nc(C)n2C)n(C)c1=O)C(=O)N(C)CO. The summed E-state index contributed by atoms with van der Waals surface area (Å²) in [6.07, 6.45) is 0.536. The Balaban J connectivity index is 0.000000267. The Labute approximate surface area is 272 Å². The molecule has 4 heterocycles. The van der Waals surface area contributed by atoms with Crippen molar-refractivity contribution >= 4 is 34.1 Å². The number of aliphatic hydroxyl groups is 2. The lowest BCUT2D eigenvalue weighted by Crippen LogP contribution is -2.39. The summed E-state index contributed by atoms with van der Waals surface area (Å²) in [5.41, 5.74) is -0.496. The molecular formula is C29H44N10O8. The van der Waals surface area contributed by atoms with Gasteiger partial charge in [0.15, 0.2) is 22.3 Å². The van der Waals surface area contributed by atoms with Gasteiger partial charge in [0.05, 0.1) is 6.33 Å². The minimum Gasteiger partial charge on any atom is -0.376 e. The highest BCUT2D eigenvalue weighted by atomic mass is 16.3. The first kappa shape index (κ1) is 33.5. The summed E-state index contributed by atoms with van der Waals surface area (Å²) in [6, 6.07) is 0. The predicted octanol–water partition coefficient (Wildman–Crippen LogP) is -1.67. The first-order chi connectivity index (χ1) is 22.9. The third kappa shape index (κ3) is 7.76. The van der Waals surface area contributed by atoms with Crippen molar-refractivity contribution in [3.05, 3.63) is 53.8 Å². The van der Waals surface area contributed by atoms with Crippen LogP contribution in [0.25, 0.3) is 22.3 Å². The zero-order valence-electron chi connectivity index (χ0n) is 29.8. The van der Waals surface area contributed by atoms with E-state index in [0.29, 0.717) is 41.0 Å². The molecule has 4 aromatic heterocycles. The number of aliphatic hydroxyl groups excluding tert-OH is 2. The third-order valence-electron chi connectivity index (χ3n) is 7.84. The maximum atomic E-state index is 12.7. The van der Waals surface area contributed by atoms with Gasteiger partial charge in [0.1, 0.15) is 19.3 Å². The van der Waals surface area contributed by atoms with E-state index < -0.39 is 35.9 Å². The normalized spacial score (nSPS) is 12.1. The number of aryl methyl sites for hydroxylation is 5. The Morgan fingerprint density at radius 3 is 1.85 bits per heavy atom. The van der Waals surface area contributed by atoms with E-state index in [-0.39, 0.29) is 50.5 Å². The number of imidazole rings is 2. The van der Waals surface area contributed by atoms with Crippen LogP contribution in [0.1, 0.15) is 47.0 Å². The van der Waals surface area contributed by atoms with Gasteiger partial charge in [-0.25, -0.2) is 19.6 Å². The van der Waals surface area contributed by atoms with Crippen LogP contribution in [0.3, 0.4) is 0 Å². The molecular weight excluding hydrogens is 616 g/mol. The van der Waals surface area contributed by atoms with Crippen LogP contribution >= 0.6 is 0 Å². The quantitative estimate of drug-likeness (QED) is 0.130. The molecule has 258 valence electrons. The topological polar surface area (TPSA) is 205 Å². The lowest BCUT2D eigenvalue weighted by molar-refractivity contribution is -0.134. The Hall–Kier alpha value is -4.84. The highest BCUT2D eigenvalue weighted by molar-refractivity contribution is 5.76. The van der Waals surface area contributed by atoms with Gasteiger partial charge in [0.2, 0.25) is 11.8 Å². The summed E-state index contributed by atoms with van der Waals surface area (Å²) >= 11 is 0. The lowest BCUT2D eigenvalue weighted by atomic mass is 10.2. The molecule has 0 aliphatic carbocycles. The van der Waals surface area contributed by atoms with Crippen molar-refractivity contribution in [3.63, 3.8) is 0 Å². The smallest absolute Gasteiger partial charge is 0.332 e. The molecule has 2 amide bonds. The largest absolute Gasteiger partial charge is 0.376 e. The van der Waals surface area contributed by atoms with Crippen molar-refractivity contribution in [2.24, 2.45) is 28.2 Å². The van der Waals surface area contributed by atoms with Crippen LogP contribution in [0.4, 0.5) is 0 Å². The van der Waals surface area contributed by atoms with Gasteiger partial charge < -0.3 is 29.1 Å². The molecule has 4 aromatic rings. The average Bonchev–Trinajstić information content (AvgIpc) is 3.61. The fourth-order valence-electron chi connectivity index (χ4n) is 4.79. The Bertz CT molecular complexity index is 2090. The third-order valence-corrected chi connectivity index (χ3v) is 7.84. The molecule has 0 aliphatic heterocycles. The second kappa shape index (κ2) is 15.6. The van der Waals surface area contributed by atoms with Crippen molar-refractivity contribution in [2.45, 2.75) is 58.5 Å². The first-order valence-corrected chi connectivity index (χ1v) is 14.9. The van der Waals surface area contributed by atoms with Crippen molar-refractivity contribution in [1.82, 2.24) is 47.2 Å². The molecule has 4 rings (SSSR count). The standard InChI is InChI=1S/C15H23N5O4.C14H21N5O4/c1-10-16-13-12(18(10)3)14(23)20(15(24)19(13)4)8-6-5-7-11(22)17(2)9-21;1-16-8-15-12-11(16)13(22)19(14(23)18(12)3)7-5-4-6-10(21)17(2)9-20/h21H,5-9H2,1-4H3;8,20H,4-7,9H2,1-3H3/i7D2;. The number of hydrogen-bond donors (Lipinski definition) is 2. The molecule has 0 aliphatic rings. The van der Waals surface area contributed by atoms with Gasteiger partial charge in [0, 0.05) is 70.9 Å². The van der Waals surface area contributed by atoms with Crippen LogP contribution in [-0.2, 0) is 50.9 Å². The highest BCUT2D eigenvalue weighted by Gasteiger charge is 2.17. The van der Waals surface area contributed by atoms with E-state index in [0.717, 1.165) is 9.47 Å². The summed E-state index contributed by atoms with van der Waals surface area (Å²) < 4.78 is 23.7. The van der Waals surface area contributed by atoms with E-state index in [2.05, 4.69) is 9.97 Å². The maximum absolute atomic E-state index is 12.7. The molecule has 18 heteroatoms. The molecule has 0 radical (unpaired) electrons. The molecule has 0 atom stereocenters. The maximum Gasteiger partial charge on any atom is 0.332 e. The highest BCUT2D eigenvalue weighted by Crippen LogP contribution is 2.09. The van der Waals surface area contributed by atoms with Gasteiger partial charge in [0.25, 0.3) is 11.1 Å². The molecule has 0 unspecified atom stereocenters. The van der Waals surface area contributed by atoms with E-state index in [1.165, 1.54) is 46.1 Å². The van der Waals surface area contributed by atoms with Gasteiger partial charge in [-0.3, -0.25) is 37.4 Å². The zero-order chi connectivity index (χ0) is 37.0. The molecule has 2 N–H and O–H groups in total. The molecule has 0 bridgehead atoms.